The second kappa shape index (κ2) is 5.97. The molecule has 0 unspecified atom stereocenters. The molecule has 0 radical (unpaired) electrons. The Morgan fingerprint density at radius 2 is 1.86 bits per heavy atom. The van der Waals surface area contributed by atoms with E-state index in [4.69, 9.17) is 9.15 Å². The number of nitrogens with one attached hydrogen (secondary N) is 1. The molecule has 4 heteroatoms. The van der Waals surface area contributed by atoms with Crippen LogP contribution >= 0.6 is 0 Å². The Morgan fingerprint density at radius 1 is 1.10 bits per heavy atom. The van der Waals surface area contributed by atoms with Gasteiger partial charge in [-0.3, -0.25) is 0 Å². The average molecular weight is 285 g/mol. The van der Waals surface area contributed by atoms with E-state index in [0.29, 0.717) is 12.3 Å². The number of furan rings is 1. The monoisotopic (exact) mass is 285 g/mol. The first-order valence-corrected chi connectivity index (χ1v) is 6.81. The zero-order chi connectivity index (χ0) is 14.7. The van der Waals surface area contributed by atoms with E-state index in [-0.39, 0.29) is 18.2 Å². The fourth-order valence-corrected chi connectivity index (χ4v) is 2.34. The van der Waals surface area contributed by atoms with E-state index < -0.39 is 0 Å². The van der Waals surface area contributed by atoms with Crippen molar-refractivity contribution in [3.63, 3.8) is 0 Å². The maximum atomic E-state index is 13.6. The Morgan fingerprint density at radius 3 is 2.67 bits per heavy atom. The van der Waals surface area contributed by atoms with Crippen LogP contribution in [0.4, 0.5) is 4.39 Å². The van der Waals surface area contributed by atoms with Crippen LogP contribution in [0.1, 0.15) is 11.3 Å². The van der Waals surface area contributed by atoms with Crippen molar-refractivity contribution in [3.8, 4) is 5.75 Å². The molecule has 0 bridgehead atoms. The molecular formula is C17H16FNO2. The number of para-hydroxylation sites is 2. The SMILES string of the molecule is CNCc1c(COc2ccccc2F)oc2ccccc12. The molecule has 0 atom stereocenters. The van der Waals surface area contributed by atoms with Crippen molar-refractivity contribution in [1.82, 2.24) is 5.32 Å². The zero-order valence-corrected chi connectivity index (χ0v) is 11.7. The third kappa shape index (κ3) is 2.76. The van der Waals surface area contributed by atoms with Crippen LogP contribution < -0.4 is 10.1 Å². The predicted molar refractivity (Wildman–Crippen MR) is 79.7 cm³/mol. The quantitative estimate of drug-likeness (QED) is 0.772. The molecule has 1 aromatic heterocycles. The number of hydrogen-bond donors (Lipinski definition) is 1. The molecule has 0 spiro atoms. The maximum absolute atomic E-state index is 13.6. The van der Waals surface area contributed by atoms with Crippen molar-refractivity contribution >= 4 is 11.0 Å². The van der Waals surface area contributed by atoms with Crippen LogP contribution in [0.3, 0.4) is 0 Å². The van der Waals surface area contributed by atoms with Gasteiger partial charge in [-0.05, 0) is 25.2 Å². The van der Waals surface area contributed by atoms with Crippen LogP contribution in [0, 0.1) is 5.82 Å². The van der Waals surface area contributed by atoms with Gasteiger partial charge in [0.2, 0.25) is 0 Å². The molecule has 1 N–H and O–H groups in total. The minimum absolute atomic E-state index is 0.201. The number of halogens is 1. The summed E-state index contributed by atoms with van der Waals surface area (Å²) in [5.41, 5.74) is 1.86. The van der Waals surface area contributed by atoms with Gasteiger partial charge in [0.25, 0.3) is 0 Å². The molecule has 3 nitrogen and oxygen atoms in total. The van der Waals surface area contributed by atoms with Gasteiger partial charge < -0.3 is 14.5 Å². The topological polar surface area (TPSA) is 34.4 Å². The molecule has 0 amide bonds. The van der Waals surface area contributed by atoms with Gasteiger partial charge in [-0.2, -0.15) is 0 Å². The largest absolute Gasteiger partial charge is 0.483 e. The molecule has 108 valence electrons. The van der Waals surface area contributed by atoms with Crippen molar-refractivity contribution < 1.29 is 13.5 Å². The number of benzene rings is 2. The molecule has 0 saturated carbocycles. The highest BCUT2D eigenvalue weighted by atomic mass is 19.1. The summed E-state index contributed by atoms with van der Waals surface area (Å²) in [5.74, 6) is 0.575. The van der Waals surface area contributed by atoms with Gasteiger partial charge in [0.1, 0.15) is 18.0 Å². The smallest absolute Gasteiger partial charge is 0.165 e. The van der Waals surface area contributed by atoms with Gasteiger partial charge in [0, 0.05) is 17.5 Å². The predicted octanol–water partition coefficient (Wildman–Crippen LogP) is 3.87. The van der Waals surface area contributed by atoms with Gasteiger partial charge >= 0.3 is 0 Å². The Balaban J connectivity index is 1.89. The molecule has 21 heavy (non-hydrogen) atoms. The third-order valence-corrected chi connectivity index (χ3v) is 3.33. The van der Waals surface area contributed by atoms with Crippen LogP contribution in [0.25, 0.3) is 11.0 Å². The lowest BCUT2D eigenvalue weighted by Crippen LogP contribution is -2.08. The van der Waals surface area contributed by atoms with E-state index in [1.165, 1.54) is 6.07 Å². The highest BCUT2D eigenvalue weighted by Gasteiger charge is 2.14. The lowest BCUT2D eigenvalue weighted by Gasteiger charge is -2.07. The summed E-state index contributed by atoms with van der Waals surface area (Å²) in [6, 6.07) is 14.2. The number of ether oxygens (including phenoxy) is 1. The Kier molecular flexibility index (Phi) is 3.88. The summed E-state index contributed by atoms with van der Waals surface area (Å²) in [6.45, 7) is 0.875. The lowest BCUT2D eigenvalue weighted by molar-refractivity contribution is 0.260. The van der Waals surface area contributed by atoms with Crippen LogP contribution in [-0.2, 0) is 13.2 Å². The fourth-order valence-electron chi connectivity index (χ4n) is 2.34. The molecule has 0 aliphatic heterocycles. The Labute approximate surface area is 122 Å². The van der Waals surface area contributed by atoms with Crippen LogP contribution in [0.15, 0.2) is 52.9 Å². The first-order valence-electron chi connectivity index (χ1n) is 6.81. The van der Waals surface area contributed by atoms with Gasteiger partial charge in [-0.15, -0.1) is 0 Å². The second-order valence-electron chi connectivity index (χ2n) is 4.75. The highest BCUT2D eigenvalue weighted by molar-refractivity contribution is 5.82. The fraction of sp³-hybridized carbons (Fsp3) is 0.176. The van der Waals surface area contributed by atoms with E-state index in [0.717, 1.165) is 16.5 Å². The number of rotatable bonds is 5. The van der Waals surface area contributed by atoms with Crippen LogP contribution in [0.5, 0.6) is 5.75 Å². The van der Waals surface area contributed by atoms with E-state index in [9.17, 15) is 4.39 Å². The average Bonchev–Trinajstić information content (AvgIpc) is 2.85. The molecule has 3 rings (SSSR count). The number of fused-ring (bicyclic) bond motifs is 1. The van der Waals surface area contributed by atoms with E-state index in [1.54, 1.807) is 18.2 Å². The van der Waals surface area contributed by atoms with E-state index in [2.05, 4.69) is 5.32 Å². The third-order valence-electron chi connectivity index (χ3n) is 3.33. The van der Waals surface area contributed by atoms with Gasteiger partial charge in [-0.25, -0.2) is 4.39 Å². The molecule has 2 aromatic carbocycles. The van der Waals surface area contributed by atoms with Crippen LogP contribution in [-0.4, -0.2) is 7.05 Å². The first-order chi connectivity index (χ1) is 10.3. The molecule has 0 fully saturated rings. The van der Waals surface area contributed by atoms with Crippen molar-refractivity contribution in [3.05, 3.63) is 65.7 Å². The summed E-state index contributed by atoms with van der Waals surface area (Å²) in [5, 5.41) is 4.18. The number of hydrogen-bond acceptors (Lipinski definition) is 3. The summed E-state index contributed by atoms with van der Waals surface area (Å²) < 4.78 is 24.9. The zero-order valence-electron chi connectivity index (χ0n) is 11.7. The molecule has 0 saturated heterocycles. The summed E-state index contributed by atoms with van der Waals surface area (Å²) >= 11 is 0. The molecule has 3 aromatic rings. The van der Waals surface area contributed by atoms with Crippen molar-refractivity contribution in [2.24, 2.45) is 0 Å². The second-order valence-corrected chi connectivity index (χ2v) is 4.75. The summed E-state index contributed by atoms with van der Waals surface area (Å²) in [6.07, 6.45) is 0. The standard InChI is InChI=1S/C17H16FNO2/c1-19-10-13-12-6-2-4-8-15(12)21-17(13)11-20-16-9-5-3-7-14(16)18/h2-9,19H,10-11H2,1H3. The Hall–Kier alpha value is -2.33. The lowest BCUT2D eigenvalue weighted by atomic mass is 10.1. The van der Waals surface area contributed by atoms with Crippen molar-refractivity contribution in [2.75, 3.05) is 7.05 Å². The van der Waals surface area contributed by atoms with Gasteiger partial charge in [-0.1, -0.05) is 30.3 Å². The normalized spacial score (nSPS) is 11.0. The molecule has 1 heterocycles. The van der Waals surface area contributed by atoms with Crippen LogP contribution in [0.2, 0.25) is 0 Å². The first kappa shape index (κ1) is 13.6. The van der Waals surface area contributed by atoms with E-state index >= 15 is 0 Å². The van der Waals surface area contributed by atoms with Crippen molar-refractivity contribution in [2.45, 2.75) is 13.2 Å². The molecular weight excluding hydrogens is 269 g/mol. The molecule has 0 aliphatic carbocycles. The maximum Gasteiger partial charge on any atom is 0.165 e. The molecule has 0 aliphatic rings. The highest BCUT2D eigenvalue weighted by Crippen LogP contribution is 2.27. The summed E-state index contributed by atoms with van der Waals surface area (Å²) in [7, 11) is 1.88. The minimum atomic E-state index is -0.372. The van der Waals surface area contributed by atoms with Gasteiger partial charge in [0.05, 0.1) is 0 Å². The Bertz CT molecular complexity index is 751. The van der Waals surface area contributed by atoms with Crippen molar-refractivity contribution in [1.29, 1.82) is 0 Å². The van der Waals surface area contributed by atoms with E-state index in [1.807, 2.05) is 31.3 Å². The summed E-state index contributed by atoms with van der Waals surface area (Å²) in [4.78, 5) is 0. The minimum Gasteiger partial charge on any atom is -0.483 e. The van der Waals surface area contributed by atoms with Gasteiger partial charge in [0.15, 0.2) is 11.6 Å².